The third kappa shape index (κ3) is 6.28. The standard InChI is InChI=1S/C25H34FN3O2/c1-18-16-28(11-6-12-29(18)24(30)31-25(2,3)4)17-20-7-5-8-21(13-20)22-14-19(15-27)9-10-23(22)26/h5,7-10,13-14,18H,6,11-12,15-17,27H2,1-4H3. The van der Waals surface area contributed by atoms with E-state index in [1.165, 1.54) is 6.07 Å². The van der Waals surface area contributed by atoms with Crippen LogP contribution >= 0.6 is 0 Å². The van der Waals surface area contributed by atoms with Gasteiger partial charge in [-0.1, -0.05) is 24.3 Å². The first-order chi connectivity index (χ1) is 14.7. The van der Waals surface area contributed by atoms with Gasteiger partial charge in [0.15, 0.2) is 0 Å². The van der Waals surface area contributed by atoms with Gasteiger partial charge in [-0.25, -0.2) is 9.18 Å². The molecule has 0 radical (unpaired) electrons. The normalized spacial score (nSPS) is 18.0. The van der Waals surface area contributed by atoms with Crippen LogP contribution in [0.15, 0.2) is 42.5 Å². The molecule has 2 N–H and O–H groups in total. The van der Waals surface area contributed by atoms with Gasteiger partial charge in [-0.2, -0.15) is 0 Å². The van der Waals surface area contributed by atoms with Crippen LogP contribution in [0.4, 0.5) is 9.18 Å². The lowest BCUT2D eigenvalue weighted by molar-refractivity contribution is 0.0179. The summed E-state index contributed by atoms with van der Waals surface area (Å²) in [6, 6.07) is 13.1. The summed E-state index contributed by atoms with van der Waals surface area (Å²) in [6.45, 7) is 11.2. The smallest absolute Gasteiger partial charge is 0.410 e. The highest BCUT2D eigenvalue weighted by Gasteiger charge is 2.29. The topological polar surface area (TPSA) is 58.8 Å². The quantitative estimate of drug-likeness (QED) is 0.763. The van der Waals surface area contributed by atoms with E-state index in [-0.39, 0.29) is 18.0 Å². The monoisotopic (exact) mass is 427 g/mol. The van der Waals surface area contributed by atoms with E-state index >= 15 is 0 Å². The molecular weight excluding hydrogens is 393 g/mol. The molecule has 2 aromatic rings. The van der Waals surface area contributed by atoms with E-state index in [1.54, 1.807) is 6.07 Å². The molecule has 3 rings (SSSR count). The van der Waals surface area contributed by atoms with Gasteiger partial charge in [-0.3, -0.25) is 4.90 Å². The summed E-state index contributed by atoms with van der Waals surface area (Å²) >= 11 is 0. The molecule has 5 nitrogen and oxygen atoms in total. The predicted molar refractivity (Wildman–Crippen MR) is 122 cm³/mol. The fourth-order valence-corrected chi connectivity index (χ4v) is 4.00. The summed E-state index contributed by atoms with van der Waals surface area (Å²) < 4.78 is 20.0. The summed E-state index contributed by atoms with van der Waals surface area (Å²) in [5.74, 6) is -0.245. The summed E-state index contributed by atoms with van der Waals surface area (Å²) in [6.07, 6.45) is 0.635. The number of benzene rings is 2. The number of hydrogen-bond donors (Lipinski definition) is 1. The molecule has 0 saturated carbocycles. The maximum atomic E-state index is 14.4. The Kier molecular flexibility index (Phi) is 7.34. The van der Waals surface area contributed by atoms with E-state index < -0.39 is 5.60 Å². The van der Waals surface area contributed by atoms with Gasteiger partial charge in [0.05, 0.1) is 0 Å². The highest BCUT2D eigenvalue weighted by molar-refractivity contribution is 5.68. The Bertz CT molecular complexity index is 910. The number of halogens is 1. The van der Waals surface area contributed by atoms with Crippen molar-refractivity contribution in [3.63, 3.8) is 0 Å². The maximum Gasteiger partial charge on any atom is 0.410 e. The number of nitrogens with two attached hydrogens (primary N) is 1. The van der Waals surface area contributed by atoms with Crippen LogP contribution in [0.2, 0.25) is 0 Å². The maximum absolute atomic E-state index is 14.4. The largest absolute Gasteiger partial charge is 0.444 e. The van der Waals surface area contributed by atoms with E-state index in [0.717, 1.165) is 42.7 Å². The SMILES string of the molecule is CC1CN(Cc2cccc(-c3cc(CN)ccc3F)c2)CCCN1C(=O)OC(C)(C)C. The molecule has 2 aromatic carbocycles. The van der Waals surface area contributed by atoms with Crippen molar-refractivity contribution in [1.82, 2.24) is 9.80 Å². The minimum Gasteiger partial charge on any atom is -0.444 e. The zero-order valence-electron chi connectivity index (χ0n) is 19.0. The second kappa shape index (κ2) is 9.79. The minimum absolute atomic E-state index is 0.0548. The van der Waals surface area contributed by atoms with Crippen molar-refractivity contribution in [2.24, 2.45) is 5.73 Å². The van der Waals surface area contributed by atoms with Crippen LogP contribution < -0.4 is 5.73 Å². The third-order valence-electron chi connectivity index (χ3n) is 5.47. The van der Waals surface area contributed by atoms with Crippen LogP contribution in [0.3, 0.4) is 0 Å². The molecule has 1 amide bonds. The molecule has 0 aromatic heterocycles. The van der Waals surface area contributed by atoms with Crippen molar-refractivity contribution in [2.75, 3.05) is 19.6 Å². The number of amides is 1. The van der Waals surface area contributed by atoms with Crippen LogP contribution in [0.5, 0.6) is 0 Å². The minimum atomic E-state index is -0.500. The Morgan fingerprint density at radius 1 is 1.16 bits per heavy atom. The molecule has 1 aliphatic rings. The lowest BCUT2D eigenvalue weighted by atomic mass is 10.00. The van der Waals surface area contributed by atoms with Gasteiger partial charge in [0.1, 0.15) is 11.4 Å². The van der Waals surface area contributed by atoms with Crippen LogP contribution in [-0.4, -0.2) is 47.2 Å². The number of carbonyl (C=O) groups excluding carboxylic acids is 1. The highest BCUT2D eigenvalue weighted by atomic mass is 19.1. The van der Waals surface area contributed by atoms with Gasteiger partial charge in [-0.15, -0.1) is 0 Å². The molecule has 1 saturated heterocycles. The molecular formula is C25H34FN3O2. The van der Waals surface area contributed by atoms with Gasteiger partial charge in [0.25, 0.3) is 0 Å². The highest BCUT2D eigenvalue weighted by Crippen LogP contribution is 2.26. The van der Waals surface area contributed by atoms with Crippen molar-refractivity contribution < 1.29 is 13.9 Å². The Hall–Kier alpha value is -2.44. The van der Waals surface area contributed by atoms with Gasteiger partial charge in [-0.05, 0) is 69.0 Å². The molecule has 0 aliphatic carbocycles. The van der Waals surface area contributed by atoms with Crippen LogP contribution in [0.25, 0.3) is 11.1 Å². The van der Waals surface area contributed by atoms with Crippen LogP contribution in [0.1, 0.15) is 45.2 Å². The van der Waals surface area contributed by atoms with Gasteiger partial charge < -0.3 is 15.4 Å². The van der Waals surface area contributed by atoms with Crippen molar-refractivity contribution in [2.45, 2.75) is 58.8 Å². The van der Waals surface area contributed by atoms with Crippen molar-refractivity contribution in [3.05, 3.63) is 59.4 Å². The lowest BCUT2D eigenvalue weighted by Crippen LogP contribution is -2.44. The number of hydrogen-bond acceptors (Lipinski definition) is 4. The zero-order chi connectivity index (χ0) is 22.6. The predicted octanol–water partition coefficient (Wildman–Crippen LogP) is 4.78. The Labute approximate surface area is 185 Å². The van der Waals surface area contributed by atoms with E-state index in [1.807, 2.05) is 49.9 Å². The zero-order valence-corrected chi connectivity index (χ0v) is 19.0. The summed E-state index contributed by atoms with van der Waals surface area (Å²) in [7, 11) is 0. The Balaban J connectivity index is 1.71. The molecule has 1 atom stereocenters. The van der Waals surface area contributed by atoms with Crippen molar-refractivity contribution >= 4 is 6.09 Å². The van der Waals surface area contributed by atoms with E-state index in [9.17, 15) is 9.18 Å². The molecule has 6 heteroatoms. The van der Waals surface area contributed by atoms with Gasteiger partial charge in [0, 0.05) is 44.3 Å². The van der Waals surface area contributed by atoms with Crippen molar-refractivity contribution in [3.8, 4) is 11.1 Å². The summed E-state index contributed by atoms with van der Waals surface area (Å²) in [5.41, 5.74) is 8.68. The number of nitrogens with zero attached hydrogens (tertiary/aromatic N) is 2. The Morgan fingerprint density at radius 3 is 2.65 bits per heavy atom. The summed E-state index contributed by atoms with van der Waals surface area (Å²) in [4.78, 5) is 16.7. The molecule has 1 unspecified atom stereocenters. The second-order valence-corrected chi connectivity index (χ2v) is 9.33. The van der Waals surface area contributed by atoms with Crippen LogP contribution in [-0.2, 0) is 17.8 Å². The molecule has 168 valence electrons. The molecule has 0 spiro atoms. The average Bonchev–Trinajstić information content (AvgIpc) is 2.88. The molecule has 1 heterocycles. The number of rotatable bonds is 4. The van der Waals surface area contributed by atoms with Gasteiger partial charge in [0.2, 0.25) is 0 Å². The molecule has 31 heavy (non-hydrogen) atoms. The first-order valence-corrected chi connectivity index (χ1v) is 11.0. The molecule has 0 bridgehead atoms. The van der Waals surface area contributed by atoms with E-state index in [4.69, 9.17) is 10.5 Å². The molecule has 1 fully saturated rings. The Morgan fingerprint density at radius 2 is 1.94 bits per heavy atom. The fraction of sp³-hybridized carbons (Fsp3) is 0.480. The second-order valence-electron chi connectivity index (χ2n) is 9.33. The van der Waals surface area contributed by atoms with Gasteiger partial charge >= 0.3 is 6.09 Å². The van der Waals surface area contributed by atoms with E-state index in [2.05, 4.69) is 17.9 Å². The first kappa shape index (κ1) is 23.2. The number of ether oxygens (including phenoxy) is 1. The summed E-state index contributed by atoms with van der Waals surface area (Å²) in [5, 5.41) is 0. The number of carbonyl (C=O) groups is 1. The third-order valence-corrected chi connectivity index (χ3v) is 5.47. The van der Waals surface area contributed by atoms with Crippen molar-refractivity contribution in [1.29, 1.82) is 0 Å². The average molecular weight is 428 g/mol. The fourth-order valence-electron chi connectivity index (χ4n) is 4.00. The van der Waals surface area contributed by atoms with E-state index in [0.29, 0.717) is 18.7 Å². The lowest BCUT2D eigenvalue weighted by Gasteiger charge is -2.31. The van der Waals surface area contributed by atoms with Crippen LogP contribution in [0, 0.1) is 5.82 Å². The molecule has 1 aliphatic heterocycles. The first-order valence-electron chi connectivity index (χ1n) is 11.0.